The molecule has 2 aromatic rings. The molecule has 0 aliphatic heterocycles. The standard InChI is InChI=1S/C12H8F3N3O3/c1-6-16-9(11(17-6)18(20)21)10(19)7-3-2-4-8(5-7)12(13,14)15/h2-5H,1H3,(H,16,17). The van der Waals surface area contributed by atoms with E-state index in [2.05, 4.69) is 9.97 Å². The third kappa shape index (κ3) is 2.91. The maximum Gasteiger partial charge on any atom is 0.416 e. The third-order valence-corrected chi connectivity index (χ3v) is 2.65. The predicted molar refractivity (Wildman–Crippen MR) is 64.9 cm³/mol. The first-order chi connectivity index (χ1) is 9.70. The zero-order chi connectivity index (χ0) is 15.8. The van der Waals surface area contributed by atoms with Gasteiger partial charge >= 0.3 is 12.0 Å². The van der Waals surface area contributed by atoms with Crippen LogP contribution >= 0.6 is 0 Å². The zero-order valence-electron chi connectivity index (χ0n) is 10.6. The molecule has 0 aliphatic carbocycles. The first-order valence-corrected chi connectivity index (χ1v) is 5.63. The summed E-state index contributed by atoms with van der Waals surface area (Å²) in [7, 11) is 0. The Hall–Kier alpha value is -2.71. The number of benzene rings is 1. The number of carbonyl (C=O) groups is 1. The number of hydrogen-bond donors (Lipinski definition) is 1. The monoisotopic (exact) mass is 299 g/mol. The summed E-state index contributed by atoms with van der Waals surface area (Å²) < 4.78 is 37.8. The van der Waals surface area contributed by atoms with E-state index in [0.717, 1.165) is 18.2 Å². The van der Waals surface area contributed by atoms with Gasteiger partial charge in [0.05, 0.1) is 5.56 Å². The van der Waals surface area contributed by atoms with E-state index < -0.39 is 34.0 Å². The predicted octanol–water partition coefficient (Wildman–Crippen LogP) is 2.88. The van der Waals surface area contributed by atoms with Crippen LogP contribution in [0.25, 0.3) is 0 Å². The molecular weight excluding hydrogens is 291 g/mol. The number of alkyl halides is 3. The number of imidazole rings is 1. The summed E-state index contributed by atoms with van der Waals surface area (Å²) >= 11 is 0. The van der Waals surface area contributed by atoms with E-state index in [4.69, 9.17) is 0 Å². The molecule has 1 N–H and O–H groups in total. The van der Waals surface area contributed by atoms with Crippen molar-refractivity contribution in [3.05, 3.63) is 57.0 Å². The molecule has 110 valence electrons. The lowest BCUT2D eigenvalue weighted by Crippen LogP contribution is -2.09. The molecule has 2 rings (SSSR count). The first kappa shape index (κ1) is 14.7. The van der Waals surface area contributed by atoms with Crippen LogP contribution in [0.5, 0.6) is 0 Å². The highest BCUT2D eigenvalue weighted by molar-refractivity contribution is 6.09. The molecule has 6 nitrogen and oxygen atoms in total. The van der Waals surface area contributed by atoms with Crippen molar-refractivity contribution in [2.45, 2.75) is 13.1 Å². The third-order valence-electron chi connectivity index (χ3n) is 2.65. The quantitative estimate of drug-likeness (QED) is 0.536. The van der Waals surface area contributed by atoms with Gasteiger partial charge in [0.25, 0.3) is 0 Å². The van der Waals surface area contributed by atoms with Crippen LogP contribution in [0, 0.1) is 17.0 Å². The number of nitrogens with one attached hydrogen (secondary N) is 1. The van der Waals surface area contributed by atoms with Gasteiger partial charge < -0.3 is 10.1 Å². The van der Waals surface area contributed by atoms with Crippen molar-refractivity contribution in [2.24, 2.45) is 0 Å². The summed E-state index contributed by atoms with van der Waals surface area (Å²) in [6.07, 6.45) is -4.61. The Morgan fingerprint density at radius 3 is 2.62 bits per heavy atom. The average Bonchev–Trinajstić information content (AvgIpc) is 2.79. The fourth-order valence-corrected chi connectivity index (χ4v) is 1.74. The minimum Gasteiger partial charge on any atom is -0.358 e. The van der Waals surface area contributed by atoms with Gasteiger partial charge in [-0.05, 0) is 17.1 Å². The molecule has 1 aromatic heterocycles. The number of H-pyrrole nitrogens is 1. The maximum absolute atomic E-state index is 12.6. The van der Waals surface area contributed by atoms with Gasteiger partial charge in [0, 0.05) is 12.5 Å². The maximum atomic E-state index is 12.6. The molecule has 0 amide bonds. The highest BCUT2D eigenvalue weighted by atomic mass is 19.4. The van der Waals surface area contributed by atoms with Gasteiger partial charge in [0.1, 0.15) is 0 Å². The molecular formula is C12H8F3N3O3. The second kappa shape index (κ2) is 5.00. The van der Waals surface area contributed by atoms with E-state index >= 15 is 0 Å². The lowest BCUT2D eigenvalue weighted by molar-refractivity contribution is -0.389. The molecule has 0 bridgehead atoms. The Kier molecular flexibility index (Phi) is 3.50. The number of halogens is 3. The van der Waals surface area contributed by atoms with Crippen LogP contribution < -0.4 is 0 Å². The van der Waals surface area contributed by atoms with Gasteiger partial charge in [-0.1, -0.05) is 12.1 Å². The molecule has 0 fully saturated rings. The smallest absolute Gasteiger partial charge is 0.358 e. The van der Waals surface area contributed by atoms with Crippen molar-refractivity contribution in [1.29, 1.82) is 0 Å². The molecule has 0 unspecified atom stereocenters. The second-order valence-electron chi connectivity index (χ2n) is 4.18. The van der Waals surface area contributed by atoms with E-state index in [1.165, 1.54) is 6.92 Å². The van der Waals surface area contributed by atoms with Crippen LogP contribution in [0.4, 0.5) is 19.0 Å². The van der Waals surface area contributed by atoms with Crippen LogP contribution in [-0.2, 0) is 6.18 Å². The van der Waals surface area contributed by atoms with E-state index in [1.807, 2.05) is 0 Å². The summed E-state index contributed by atoms with van der Waals surface area (Å²) in [5, 5.41) is 10.8. The van der Waals surface area contributed by atoms with Crippen molar-refractivity contribution < 1.29 is 22.9 Å². The lowest BCUT2D eigenvalue weighted by Gasteiger charge is -2.07. The van der Waals surface area contributed by atoms with E-state index in [0.29, 0.717) is 6.07 Å². The lowest BCUT2D eigenvalue weighted by atomic mass is 10.0. The highest BCUT2D eigenvalue weighted by Crippen LogP contribution is 2.30. The van der Waals surface area contributed by atoms with Crippen LogP contribution in [0.1, 0.15) is 27.4 Å². The Balaban J connectivity index is 2.48. The van der Waals surface area contributed by atoms with Gasteiger partial charge in [-0.15, -0.1) is 0 Å². The van der Waals surface area contributed by atoms with Crippen LogP contribution in [0.2, 0.25) is 0 Å². The van der Waals surface area contributed by atoms with Crippen molar-refractivity contribution in [3.63, 3.8) is 0 Å². The summed E-state index contributed by atoms with van der Waals surface area (Å²) in [4.78, 5) is 28.0. The number of carbonyl (C=O) groups excluding carboxylic acids is 1. The number of nitro groups is 1. The highest BCUT2D eigenvalue weighted by Gasteiger charge is 2.32. The number of aromatic amines is 1. The van der Waals surface area contributed by atoms with Crippen LogP contribution in [-0.4, -0.2) is 20.7 Å². The van der Waals surface area contributed by atoms with Crippen molar-refractivity contribution in [3.8, 4) is 0 Å². The summed E-state index contributed by atoms with van der Waals surface area (Å²) in [5.41, 5.74) is -1.85. The van der Waals surface area contributed by atoms with Crippen LogP contribution in [0.15, 0.2) is 24.3 Å². The molecule has 1 aromatic carbocycles. The Labute approximate surface area is 115 Å². The molecule has 0 saturated heterocycles. The Morgan fingerprint density at radius 2 is 2.05 bits per heavy atom. The van der Waals surface area contributed by atoms with E-state index in [-0.39, 0.29) is 11.4 Å². The van der Waals surface area contributed by atoms with E-state index in [1.54, 1.807) is 0 Å². The van der Waals surface area contributed by atoms with Gasteiger partial charge in [-0.25, -0.2) is 9.97 Å². The second-order valence-corrected chi connectivity index (χ2v) is 4.18. The Morgan fingerprint density at radius 1 is 1.38 bits per heavy atom. The summed E-state index contributed by atoms with van der Waals surface area (Å²) in [5.74, 6) is -1.47. The number of nitrogens with zero attached hydrogens (tertiary/aromatic N) is 2. The molecule has 0 saturated carbocycles. The number of hydrogen-bond acceptors (Lipinski definition) is 4. The Bertz CT molecular complexity index is 722. The number of ketones is 1. The van der Waals surface area contributed by atoms with Crippen molar-refractivity contribution in [2.75, 3.05) is 0 Å². The van der Waals surface area contributed by atoms with E-state index in [9.17, 15) is 28.1 Å². The molecule has 9 heteroatoms. The van der Waals surface area contributed by atoms with Crippen molar-refractivity contribution in [1.82, 2.24) is 9.97 Å². The minimum atomic E-state index is -4.61. The number of aryl methyl sites for hydroxylation is 1. The van der Waals surface area contributed by atoms with Crippen molar-refractivity contribution >= 4 is 11.6 Å². The molecule has 0 radical (unpaired) electrons. The fourth-order valence-electron chi connectivity index (χ4n) is 1.74. The topological polar surface area (TPSA) is 88.9 Å². The number of rotatable bonds is 3. The zero-order valence-corrected chi connectivity index (χ0v) is 10.6. The van der Waals surface area contributed by atoms with Crippen LogP contribution in [0.3, 0.4) is 0 Å². The molecule has 0 spiro atoms. The average molecular weight is 299 g/mol. The molecule has 0 aliphatic rings. The number of aromatic nitrogens is 2. The molecule has 1 heterocycles. The summed E-state index contributed by atoms with van der Waals surface area (Å²) in [6.45, 7) is 1.40. The molecule has 0 atom stereocenters. The largest absolute Gasteiger partial charge is 0.416 e. The first-order valence-electron chi connectivity index (χ1n) is 5.63. The van der Waals surface area contributed by atoms with Gasteiger partial charge in [-0.3, -0.25) is 4.79 Å². The summed E-state index contributed by atoms with van der Waals surface area (Å²) in [6, 6.07) is 3.64. The van der Waals surface area contributed by atoms with Gasteiger partial charge in [-0.2, -0.15) is 13.2 Å². The van der Waals surface area contributed by atoms with Gasteiger partial charge in [0.2, 0.25) is 11.5 Å². The normalized spacial score (nSPS) is 11.4. The van der Waals surface area contributed by atoms with Gasteiger partial charge in [0.15, 0.2) is 5.82 Å². The minimum absolute atomic E-state index is 0.122. The fraction of sp³-hybridized carbons (Fsp3) is 0.167. The molecule has 21 heavy (non-hydrogen) atoms. The SMILES string of the molecule is Cc1nc(C(=O)c2cccc(C(F)(F)F)c2)c([N+](=O)[O-])[nH]1.